The van der Waals surface area contributed by atoms with Crippen molar-refractivity contribution < 1.29 is 73.7 Å². The number of methoxy groups -OCH3 is 1. The number of ether oxygens (including phenoxy) is 1. The highest BCUT2D eigenvalue weighted by atomic mass is 16.5. The third kappa shape index (κ3) is 14.6. The number of β-amino-alcohol motifs (C(OH)–C–C–N with tert-alkyl or cyclic N) is 1. The number of aromatic amines is 1. The molecular weight excluding hydrogens is 917 g/mol. The summed E-state index contributed by atoms with van der Waals surface area (Å²) in [6.45, 7) is -0.413. The molecule has 3 heterocycles. The van der Waals surface area contributed by atoms with E-state index < -0.39 is 147 Å². The van der Waals surface area contributed by atoms with Crippen molar-refractivity contribution in [2.24, 2.45) is 5.92 Å². The van der Waals surface area contributed by atoms with E-state index in [9.17, 15) is 69.0 Å². The third-order valence-electron chi connectivity index (χ3n) is 12.3. The van der Waals surface area contributed by atoms with Crippen LogP contribution in [0.4, 0.5) is 0 Å². The lowest BCUT2D eigenvalue weighted by atomic mass is 9.88. The Morgan fingerprint density at radius 2 is 1.60 bits per heavy atom. The van der Waals surface area contributed by atoms with Crippen LogP contribution in [0.5, 0.6) is 5.75 Å². The minimum Gasteiger partial charge on any atom is -0.497 e. The van der Waals surface area contributed by atoms with Crippen LogP contribution in [-0.4, -0.2) is 170 Å². The van der Waals surface area contributed by atoms with Crippen molar-refractivity contribution in [2.75, 3.05) is 33.8 Å². The first kappa shape index (κ1) is 54.0. The van der Waals surface area contributed by atoms with E-state index in [2.05, 4.69) is 36.9 Å². The number of fused-ring (bicyclic) bond motifs is 2. The number of benzene rings is 2. The standard InChI is InChI=1S/C47H62N8O15/c1-25(10-6-4-5-7-11-26-14-16-28(70-3)17-15-26)41(62)42(63)40-43(64)45(66)52-33-20-35(58)54-47(33,69)21-38(61)55(2)24-37(60)50-32(19-30-29-12-8-9-13-31(29)51-39(30)46(67)68)44(65)49-23-36(59)48-22-27(56)18-34(57)53-40/h7-9,11-17,25,27,32-33,40-43,51,56,62-64,69H,4-6,10,18-24H2,1-3H3,(H,48,59)(H,49,65)(H,50,60)(H,52,66)(H,53,57)(H,54,58)(H,67,68)/b11-7+/t25-,27-,32-,33+,40-,41+,42+,43+,47+/m1/s1. The Bertz CT molecular complexity index is 2410. The molecule has 0 bridgehead atoms. The van der Waals surface area contributed by atoms with Gasteiger partial charge >= 0.3 is 5.97 Å². The molecule has 2 aromatic carbocycles. The lowest BCUT2D eigenvalue weighted by Gasteiger charge is -2.35. The molecule has 0 saturated carbocycles. The van der Waals surface area contributed by atoms with Gasteiger partial charge in [-0.2, -0.15) is 0 Å². The van der Waals surface area contributed by atoms with Gasteiger partial charge in [0.2, 0.25) is 35.4 Å². The predicted molar refractivity (Wildman–Crippen MR) is 249 cm³/mol. The maximum Gasteiger partial charge on any atom is 0.352 e. The first-order chi connectivity index (χ1) is 33.2. The first-order valence-corrected chi connectivity index (χ1v) is 22.8. The molecule has 2 aliphatic heterocycles. The second kappa shape index (κ2) is 24.6. The zero-order valence-electron chi connectivity index (χ0n) is 39.0. The number of hydrogen-bond acceptors (Lipinski definition) is 14. The van der Waals surface area contributed by atoms with E-state index in [-0.39, 0.29) is 11.3 Å². The molecule has 3 aromatic rings. The number of H-pyrrole nitrogens is 1. The fourth-order valence-electron chi connectivity index (χ4n) is 8.26. The SMILES string of the molecule is COc1ccc(/C=C/CCCC[C@@H](C)[C@H](O)[C@@H](O)[C@H]2NC(=O)C[C@@H](O)CNC(=O)CNC(=O)[C@@H](Cc3c(C(=O)O)[nH]c4ccccc34)NC(=O)CN(C)C(=O)C[C@@]3(O)NC(=O)C[C@@H]3NC(=O)[C@H]2O)cc1. The maximum absolute atomic E-state index is 13.7. The zero-order chi connectivity index (χ0) is 51.3. The van der Waals surface area contributed by atoms with Crippen LogP contribution in [-0.2, 0) is 40.0 Å². The summed E-state index contributed by atoms with van der Waals surface area (Å²) in [4.78, 5) is 109. The monoisotopic (exact) mass is 978 g/mol. The van der Waals surface area contributed by atoms with E-state index in [0.29, 0.717) is 36.6 Å². The predicted octanol–water partition coefficient (Wildman–Crippen LogP) is -2.08. The average molecular weight is 979 g/mol. The van der Waals surface area contributed by atoms with E-state index in [1.807, 2.05) is 36.4 Å². The molecule has 380 valence electrons. The van der Waals surface area contributed by atoms with Crippen LogP contribution >= 0.6 is 0 Å². The number of allylic oxidation sites excluding steroid dienone is 1. The summed E-state index contributed by atoms with van der Waals surface area (Å²) < 4.78 is 5.18. The molecule has 23 nitrogen and oxygen atoms in total. The van der Waals surface area contributed by atoms with Gasteiger partial charge in [-0.25, -0.2) is 4.79 Å². The Morgan fingerprint density at radius 3 is 2.30 bits per heavy atom. The number of carbonyl (C=O) groups is 8. The largest absolute Gasteiger partial charge is 0.497 e. The molecular formula is C47H62N8O15. The zero-order valence-corrected chi connectivity index (χ0v) is 39.0. The van der Waals surface area contributed by atoms with Gasteiger partial charge in [-0.05, 0) is 54.5 Å². The van der Waals surface area contributed by atoms with Crippen molar-refractivity contribution >= 4 is 64.3 Å². The third-order valence-corrected chi connectivity index (χ3v) is 12.3. The number of carboxylic acid groups (broad SMARTS) is 1. The highest BCUT2D eigenvalue weighted by Crippen LogP contribution is 2.26. The normalized spacial score (nSPS) is 25.2. The molecule has 13 N–H and O–H groups in total. The van der Waals surface area contributed by atoms with Crippen LogP contribution in [0.25, 0.3) is 17.0 Å². The molecule has 2 fully saturated rings. The molecule has 9 atom stereocenters. The Hall–Kier alpha value is -6.92. The van der Waals surface area contributed by atoms with Gasteiger partial charge in [-0.1, -0.05) is 55.8 Å². The number of carbonyl (C=O) groups excluding carboxylic acids is 7. The van der Waals surface area contributed by atoms with E-state index in [1.54, 1.807) is 38.3 Å². The number of nitrogens with zero attached hydrogens (tertiary/aromatic N) is 1. The van der Waals surface area contributed by atoms with Crippen LogP contribution in [0.1, 0.15) is 73.5 Å². The fraction of sp³-hybridized carbons (Fsp3) is 0.489. The quantitative estimate of drug-likeness (QED) is 0.0818. The number of aromatic carboxylic acids is 1. The van der Waals surface area contributed by atoms with Crippen LogP contribution in [0, 0.1) is 5.92 Å². The second-order valence-electron chi connectivity index (χ2n) is 17.7. The lowest BCUT2D eigenvalue weighted by Crippen LogP contribution is -2.63. The highest BCUT2D eigenvalue weighted by Gasteiger charge is 2.49. The summed E-state index contributed by atoms with van der Waals surface area (Å²) >= 11 is 0. The van der Waals surface area contributed by atoms with Gasteiger partial charge in [0.05, 0.1) is 63.8 Å². The van der Waals surface area contributed by atoms with Crippen LogP contribution < -0.4 is 36.6 Å². The average Bonchev–Trinajstić information content (AvgIpc) is 3.83. The maximum atomic E-state index is 13.7. The van der Waals surface area contributed by atoms with Gasteiger partial charge < -0.3 is 77.2 Å². The molecule has 0 aliphatic carbocycles. The number of para-hydroxylation sites is 1. The molecule has 0 spiro atoms. The Labute approximate surface area is 402 Å². The number of amides is 7. The van der Waals surface area contributed by atoms with E-state index in [4.69, 9.17) is 4.74 Å². The summed E-state index contributed by atoms with van der Waals surface area (Å²) in [5.41, 5.74) is -1.26. The summed E-state index contributed by atoms with van der Waals surface area (Å²) in [5.74, 6) is -8.20. The second-order valence-corrected chi connectivity index (χ2v) is 17.7. The van der Waals surface area contributed by atoms with Crippen molar-refractivity contribution in [1.29, 1.82) is 0 Å². The van der Waals surface area contributed by atoms with Gasteiger partial charge in [0.15, 0.2) is 11.8 Å². The fourth-order valence-corrected chi connectivity index (χ4v) is 8.26. The van der Waals surface area contributed by atoms with Crippen LogP contribution in [0.15, 0.2) is 54.6 Å². The van der Waals surface area contributed by atoms with Gasteiger partial charge in [-0.15, -0.1) is 0 Å². The van der Waals surface area contributed by atoms with Crippen molar-refractivity contribution in [3.63, 3.8) is 0 Å². The minimum absolute atomic E-state index is 0.133. The van der Waals surface area contributed by atoms with Crippen molar-refractivity contribution in [1.82, 2.24) is 41.8 Å². The number of likely N-dealkylation sites (N-methyl/N-ethyl adjacent to an activating group) is 1. The van der Waals surface area contributed by atoms with Gasteiger partial charge in [0.25, 0.3) is 5.91 Å². The minimum atomic E-state index is -2.51. The highest BCUT2D eigenvalue weighted by molar-refractivity contribution is 5.99. The molecule has 2 aliphatic rings. The molecule has 0 unspecified atom stereocenters. The smallest absolute Gasteiger partial charge is 0.352 e. The summed E-state index contributed by atoms with van der Waals surface area (Å²) in [7, 11) is 2.74. The Kier molecular flexibility index (Phi) is 19.0. The molecule has 70 heavy (non-hydrogen) atoms. The first-order valence-electron chi connectivity index (χ1n) is 22.8. The molecule has 7 amide bonds. The molecule has 0 radical (unpaired) electrons. The Balaban J connectivity index is 1.33. The van der Waals surface area contributed by atoms with Crippen molar-refractivity contribution in [3.05, 3.63) is 71.4 Å². The summed E-state index contributed by atoms with van der Waals surface area (Å²) in [6.07, 6.45) is -4.06. The number of hydrogen-bond donors (Lipinski definition) is 13. The van der Waals surface area contributed by atoms with E-state index in [0.717, 1.165) is 16.2 Å². The number of aromatic nitrogens is 1. The molecule has 1 aromatic heterocycles. The Morgan fingerprint density at radius 1 is 0.886 bits per heavy atom. The molecule has 23 heteroatoms. The van der Waals surface area contributed by atoms with Crippen molar-refractivity contribution in [2.45, 2.75) is 107 Å². The lowest BCUT2D eigenvalue weighted by molar-refractivity contribution is -0.145. The van der Waals surface area contributed by atoms with Gasteiger partial charge in [0.1, 0.15) is 23.6 Å². The molecule has 5 rings (SSSR count). The van der Waals surface area contributed by atoms with Crippen LogP contribution in [0.3, 0.4) is 0 Å². The van der Waals surface area contributed by atoms with Crippen LogP contribution in [0.2, 0.25) is 0 Å². The number of nitrogens with one attached hydrogen (secondary N) is 7. The summed E-state index contributed by atoms with van der Waals surface area (Å²) in [6, 6.07) is 8.87. The number of carboxylic acids is 1. The topological polar surface area (TPSA) is 358 Å². The number of aliphatic hydroxyl groups excluding tert-OH is 4. The number of rotatable bonds is 13. The van der Waals surface area contributed by atoms with E-state index >= 15 is 0 Å². The van der Waals surface area contributed by atoms with Crippen molar-refractivity contribution in [3.8, 4) is 5.75 Å². The van der Waals surface area contributed by atoms with E-state index in [1.165, 1.54) is 7.05 Å². The van der Waals surface area contributed by atoms with Gasteiger partial charge in [0, 0.05) is 30.9 Å². The number of unbranched alkanes of at least 4 members (excludes halogenated alkanes) is 2. The molecule has 2 saturated heterocycles. The van der Waals surface area contributed by atoms with Gasteiger partial charge in [-0.3, -0.25) is 33.6 Å². The number of aliphatic hydroxyl groups is 5. The summed E-state index contributed by atoms with van der Waals surface area (Å²) in [5, 5.41) is 80.8.